The molecule has 31 heavy (non-hydrogen) atoms. The summed E-state index contributed by atoms with van der Waals surface area (Å²) in [6.07, 6.45) is 2.23. The van der Waals surface area contributed by atoms with E-state index in [1.54, 1.807) is 19.2 Å². The van der Waals surface area contributed by atoms with Gasteiger partial charge >= 0.3 is 5.97 Å². The van der Waals surface area contributed by atoms with Crippen molar-refractivity contribution in [2.75, 3.05) is 32.1 Å². The minimum Gasteiger partial charge on any atom is -0.496 e. The summed E-state index contributed by atoms with van der Waals surface area (Å²) in [5, 5.41) is 2.57. The number of nitrogens with one attached hydrogen (secondary N) is 1. The first-order valence-electron chi connectivity index (χ1n) is 10.1. The van der Waals surface area contributed by atoms with Crippen molar-refractivity contribution in [3.63, 3.8) is 0 Å². The minimum atomic E-state index is -3.58. The summed E-state index contributed by atoms with van der Waals surface area (Å²) in [6, 6.07) is 13.4. The van der Waals surface area contributed by atoms with E-state index in [4.69, 9.17) is 9.47 Å². The van der Waals surface area contributed by atoms with Crippen LogP contribution in [0.25, 0.3) is 0 Å². The van der Waals surface area contributed by atoms with Gasteiger partial charge in [-0.2, -0.15) is 4.31 Å². The van der Waals surface area contributed by atoms with Gasteiger partial charge in [-0.05, 0) is 49.1 Å². The van der Waals surface area contributed by atoms with Crippen LogP contribution in [0, 0.1) is 0 Å². The van der Waals surface area contributed by atoms with Crippen molar-refractivity contribution in [1.29, 1.82) is 0 Å². The largest absolute Gasteiger partial charge is 0.496 e. The Bertz CT molecular complexity index is 1030. The van der Waals surface area contributed by atoms with Crippen LogP contribution in [0.2, 0.25) is 0 Å². The molecule has 1 N–H and O–H groups in total. The quantitative estimate of drug-likeness (QED) is 0.594. The van der Waals surface area contributed by atoms with Crippen LogP contribution in [0.1, 0.15) is 24.8 Å². The van der Waals surface area contributed by atoms with Gasteiger partial charge in [-0.15, -0.1) is 0 Å². The number of methoxy groups -OCH3 is 1. The summed E-state index contributed by atoms with van der Waals surface area (Å²) in [5.74, 6) is -0.357. The maximum atomic E-state index is 12.7. The number of aryl methyl sites for hydroxylation is 1. The molecular weight excluding hydrogens is 420 g/mol. The number of benzene rings is 2. The van der Waals surface area contributed by atoms with Crippen LogP contribution in [0.15, 0.2) is 53.4 Å². The van der Waals surface area contributed by atoms with Crippen molar-refractivity contribution >= 4 is 27.6 Å². The number of nitrogens with zero attached hydrogens (tertiary/aromatic N) is 1. The number of carbonyl (C=O) groups excluding carboxylic acids is 2. The van der Waals surface area contributed by atoms with Crippen molar-refractivity contribution in [3.8, 4) is 5.75 Å². The molecule has 0 bridgehead atoms. The first-order valence-corrected chi connectivity index (χ1v) is 11.5. The zero-order valence-electron chi connectivity index (χ0n) is 17.4. The maximum Gasteiger partial charge on any atom is 0.306 e. The molecule has 1 saturated heterocycles. The van der Waals surface area contributed by atoms with Crippen molar-refractivity contribution in [3.05, 3.63) is 54.1 Å². The van der Waals surface area contributed by atoms with Gasteiger partial charge in [0, 0.05) is 25.2 Å². The number of amides is 1. The Morgan fingerprint density at radius 3 is 2.55 bits per heavy atom. The van der Waals surface area contributed by atoms with E-state index in [1.807, 2.05) is 24.3 Å². The molecule has 1 amide bonds. The van der Waals surface area contributed by atoms with Gasteiger partial charge in [0.2, 0.25) is 10.0 Å². The second-order valence-electron chi connectivity index (χ2n) is 7.16. The lowest BCUT2D eigenvalue weighted by Crippen LogP contribution is -2.28. The van der Waals surface area contributed by atoms with Crippen LogP contribution in [0.4, 0.5) is 5.69 Å². The van der Waals surface area contributed by atoms with Gasteiger partial charge in [-0.25, -0.2) is 8.42 Å². The average Bonchev–Trinajstić information content (AvgIpc) is 3.32. The van der Waals surface area contributed by atoms with Gasteiger partial charge in [0.15, 0.2) is 6.61 Å². The van der Waals surface area contributed by atoms with Gasteiger partial charge in [0.05, 0.1) is 12.0 Å². The van der Waals surface area contributed by atoms with E-state index in [-0.39, 0.29) is 11.3 Å². The van der Waals surface area contributed by atoms with Crippen LogP contribution in [0.5, 0.6) is 5.75 Å². The van der Waals surface area contributed by atoms with Crippen LogP contribution in [-0.4, -0.2) is 51.4 Å². The molecule has 0 aromatic heterocycles. The molecule has 0 radical (unpaired) electrons. The summed E-state index contributed by atoms with van der Waals surface area (Å²) < 4.78 is 37.0. The Labute approximate surface area is 182 Å². The number of rotatable bonds is 9. The lowest BCUT2D eigenvalue weighted by molar-refractivity contribution is -0.147. The Balaban J connectivity index is 1.50. The lowest BCUT2D eigenvalue weighted by Gasteiger charge is -2.16. The molecule has 0 saturated carbocycles. The molecule has 0 spiro atoms. The fraction of sp³-hybridized carbons (Fsp3) is 0.364. The summed E-state index contributed by atoms with van der Waals surface area (Å²) in [4.78, 5) is 24.2. The molecule has 0 unspecified atom stereocenters. The first-order chi connectivity index (χ1) is 14.9. The average molecular weight is 447 g/mol. The highest BCUT2D eigenvalue weighted by Crippen LogP contribution is 2.23. The highest BCUT2D eigenvalue weighted by atomic mass is 32.2. The number of esters is 1. The zero-order chi connectivity index (χ0) is 22.3. The number of hydrogen-bond acceptors (Lipinski definition) is 6. The van der Waals surface area contributed by atoms with E-state index in [0.717, 1.165) is 18.4 Å². The van der Waals surface area contributed by atoms with Gasteiger partial charge in [0.1, 0.15) is 5.75 Å². The number of para-hydroxylation sites is 1. The Kier molecular flexibility index (Phi) is 7.64. The third-order valence-corrected chi connectivity index (χ3v) is 6.87. The Hall–Kier alpha value is -2.91. The second kappa shape index (κ2) is 10.4. The second-order valence-corrected chi connectivity index (χ2v) is 9.10. The highest BCUT2D eigenvalue weighted by Gasteiger charge is 2.27. The van der Waals surface area contributed by atoms with E-state index < -0.39 is 28.5 Å². The number of ether oxygens (including phenoxy) is 2. The molecule has 1 fully saturated rings. The molecule has 166 valence electrons. The van der Waals surface area contributed by atoms with E-state index in [0.29, 0.717) is 30.9 Å². The monoisotopic (exact) mass is 446 g/mol. The fourth-order valence-corrected chi connectivity index (χ4v) is 4.94. The molecule has 0 atom stereocenters. The van der Waals surface area contributed by atoms with E-state index in [1.165, 1.54) is 16.4 Å². The molecular formula is C22H26N2O6S. The highest BCUT2D eigenvalue weighted by molar-refractivity contribution is 7.89. The van der Waals surface area contributed by atoms with Gasteiger partial charge in [-0.3, -0.25) is 9.59 Å². The van der Waals surface area contributed by atoms with Crippen LogP contribution in [-0.2, 0) is 30.8 Å². The third-order valence-electron chi connectivity index (χ3n) is 4.98. The van der Waals surface area contributed by atoms with Crippen LogP contribution >= 0.6 is 0 Å². The molecule has 1 heterocycles. The number of sulfonamides is 1. The Morgan fingerprint density at radius 1 is 1.06 bits per heavy atom. The summed E-state index contributed by atoms with van der Waals surface area (Å²) >= 11 is 0. The summed E-state index contributed by atoms with van der Waals surface area (Å²) in [5.41, 5.74) is 1.21. The van der Waals surface area contributed by atoms with E-state index in [2.05, 4.69) is 5.32 Å². The van der Waals surface area contributed by atoms with E-state index in [9.17, 15) is 18.0 Å². The standard InChI is InChI=1S/C22H26N2O6S/c1-29-20-10-3-2-7-17(20)11-12-22(26)30-16-21(25)23-18-8-6-9-19(15-18)31(27,28)24-13-4-5-14-24/h2-3,6-10,15H,4-5,11-14,16H2,1H3,(H,23,25). The summed E-state index contributed by atoms with van der Waals surface area (Å²) in [7, 11) is -2.01. The lowest BCUT2D eigenvalue weighted by atomic mass is 10.1. The molecule has 1 aliphatic heterocycles. The smallest absolute Gasteiger partial charge is 0.306 e. The molecule has 8 nitrogen and oxygen atoms in total. The van der Waals surface area contributed by atoms with Crippen molar-refractivity contribution in [2.45, 2.75) is 30.6 Å². The van der Waals surface area contributed by atoms with Gasteiger partial charge in [0.25, 0.3) is 5.91 Å². The van der Waals surface area contributed by atoms with Crippen molar-refractivity contribution in [2.24, 2.45) is 0 Å². The fourth-order valence-electron chi connectivity index (χ4n) is 3.37. The molecule has 9 heteroatoms. The number of carbonyl (C=O) groups is 2. The molecule has 2 aromatic rings. The predicted molar refractivity (Wildman–Crippen MR) is 115 cm³/mol. The number of anilines is 1. The Morgan fingerprint density at radius 2 is 1.81 bits per heavy atom. The predicted octanol–water partition coefficient (Wildman–Crippen LogP) is 2.59. The third kappa shape index (κ3) is 6.05. The molecule has 0 aliphatic carbocycles. The van der Waals surface area contributed by atoms with Gasteiger partial charge in [-0.1, -0.05) is 24.3 Å². The number of hydrogen-bond donors (Lipinski definition) is 1. The van der Waals surface area contributed by atoms with Crippen molar-refractivity contribution < 1.29 is 27.5 Å². The van der Waals surface area contributed by atoms with Crippen molar-refractivity contribution in [1.82, 2.24) is 4.31 Å². The summed E-state index contributed by atoms with van der Waals surface area (Å²) in [6.45, 7) is 0.557. The first kappa shape index (κ1) is 22.8. The zero-order valence-corrected chi connectivity index (χ0v) is 18.2. The molecule has 2 aromatic carbocycles. The SMILES string of the molecule is COc1ccccc1CCC(=O)OCC(=O)Nc1cccc(S(=O)(=O)N2CCCC2)c1. The molecule has 3 rings (SSSR count). The van der Waals surface area contributed by atoms with Crippen LogP contribution < -0.4 is 10.1 Å². The van der Waals surface area contributed by atoms with Crippen LogP contribution in [0.3, 0.4) is 0 Å². The maximum absolute atomic E-state index is 12.7. The molecule has 1 aliphatic rings. The normalized spacial score (nSPS) is 14.2. The van der Waals surface area contributed by atoms with E-state index >= 15 is 0 Å². The van der Waals surface area contributed by atoms with Gasteiger partial charge < -0.3 is 14.8 Å². The minimum absolute atomic E-state index is 0.108. The topological polar surface area (TPSA) is 102 Å².